The molecule has 0 aliphatic carbocycles. The molecule has 2 unspecified atom stereocenters. The Morgan fingerprint density at radius 3 is 2.79 bits per heavy atom. The molecule has 1 aromatic carbocycles. The molecule has 3 heterocycles. The second-order valence-electron chi connectivity index (χ2n) is 7.27. The quantitative estimate of drug-likeness (QED) is 0.389. The van der Waals surface area contributed by atoms with Gasteiger partial charge >= 0.3 is 5.97 Å². The topological polar surface area (TPSA) is 112 Å². The Labute approximate surface area is 213 Å². The molecule has 4 rings (SSSR count). The first-order valence-corrected chi connectivity index (χ1v) is 12.8. The van der Waals surface area contributed by atoms with Crippen molar-refractivity contribution in [3.63, 3.8) is 0 Å². The highest BCUT2D eigenvalue weighted by atomic mass is 35.5. The number of fused-ring (bicyclic) bond motifs is 1. The van der Waals surface area contributed by atoms with Crippen LogP contribution in [0, 0.1) is 0 Å². The van der Waals surface area contributed by atoms with Gasteiger partial charge in [0, 0.05) is 34.5 Å². The highest BCUT2D eigenvalue weighted by molar-refractivity contribution is 8.00. The van der Waals surface area contributed by atoms with Crippen LogP contribution in [-0.2, 0) is 20.8 Å². The van der Waals surface area contributed by atoms with Crippen LogP contribution in [0.25, 0.3) is 0 Å². The maximum Gasteiger partial charge on any atom is 0.352 e. The van der Waals surface area contributed by atoms with E-state index in [1.165, 1.54) is 28.4 Å². The van der Waals surface area contributed by atoms with Crippen molar-refractivity contribution in [2.45, 2.75) is 22.7 Å². The van der Waals surface area contributed by atoms with Crippen LogP contribution in [-0.4, -0.2) is 60.7 Å². The Morgan fingerprint density at radius 2 is 2.06 bits per heavy atom. The van der Waals surface area contributed by atoms with E-state index in [4.69, 9.17) is 23.2 Å². The van der Waals surface area contributed by atoms with Gasteiger partial charge in [-0.3, -0.25) is 14.5 Å². The Morgan fingerprint density at radius 1 is 1.29 bits per heavy atom. The van der Waals surface area contributed by atoms with E-state index >= 15 is 0 Å². The summed E-state index contributed by atoms with van der Waals surface area (Å²) < 4.78 is 0. The van der Waals surface area contributed by atoms with Crippen LogP contribution in [0.4, 0.5) is 0 Å². The number of amides is 2. The fraction of sp³-hybridized carbons (Fsp3) is 0.227. The first kappa shape index (κ1) is 24.6. The number of β-lactam (4-membered cyclic amide) rings is 1. The fourth-order valence-corrected chi connectivity index (χ4v) is 6.08. The number of aliphatic carboxylic acids is 1. The minimum absolute atomic E-state index is 0.0401. The summed E-state index contributed by atoms with van der Waals surface area (Å²) in [6, 6.07) is 5.90. The van der Waals surface area contributed by atoms with Crippen molar-refractivity contribution >= 4 is 64.5 Å². The summed E-state index contributed by atoms with van der Waals surface area (Å²) in [5.41, 5.74) is 0.457. The van der Waals surface area contributed by atoms with Gasteiger partial charge in [0.25, 0.3) is 5.91 Å². The van der Waals surface area contributed by atoms with E-state index < -0.39 is 23.3 Å². The molecule has 0 spiro atoms. The molecule has 1 saturated heterocycles. The molecule has 8 nitrogen and oxygen atoms in total. The fourth-order valence-electron chi connectivity index (χ4n) is 3.46. The number of carboxylic acid groups (broad SMARTS) is 1. The molecule has 176 valence electrons. The highest BCUT2D eigenvalue weighted by Crippen LogP contribution is 2.40. The molecule has 2 aliphatic heterocycles. The molecular weight excluding hydrogens is 519 g/mol. The number of halogens is 2. The molecule has 2 amide bonds. The first-order chi connectivity index (χ1) is 16.3. The largest absolute Gasteiger partial charge is 0.477 e. The number of aromatic nitrogens is 2. The minimum Gasteiger partial charge on any atom is -0.477 e. The van der Waals surface area contributed by atoms with Crippen molar-refractivity contribution in [1.82, 2.24) is 20.2 Å². The number of allylic oxidation sites excluding steroid dienone is 2. The van der Waals surface area contributed by atoms with E-state index in [2.05, 4.69) is 15.3 Å². The predicted octanol–water partition coefficient (Wildman–Crippen LogP) is 3.41. The number of benzene rings is 1. The van der Waals surface area contributed by atoms with E-state index in [0.29, 0.717) is 38.5 Å². The van der Waals surface area contributed by atoms with Gasteiger partial charge < -0.3 is 10.4 Å². The SMILES string of the molecule is O=C(CSc1cc(Cl)ccc1Cl)NC1C(=O)N2C(C(=O)O)=C(/C=C/Cc3ncccn3)CSC12. The number of rotatable bonds is 8. The monoisotopic (exact) mass is 536 g/mol. The lowest BCUT2D eigenvalue weighted by Gasteiger charge is -2.49. The normalized spacial score (nSPS) is 19.7. The molecule has 0 saturated carbocycles. The summed E-state index contributed by atoms with van der Waals surface area (Å²) in [4.78, 5) is 47.3. The van der Waals surface area contributed by atoms with Crippen molar-refractivity contribution in [2.75, 3.05) is 11.5 Å². The Kier molecular flexibility index (Phi) is 7.82. The van der Waals surface area contributed by atoms with Crippen LogP contribution in [0.3, 0.4) is 0 Å². The summed E-state index contributed by atoms with van der Waals surface area (Å²) in [6.07, 6.45) is 7.17. The van der Waals surface area contributed by atoms with Crippen LogP contribution >= 0.6 is 46.7 Å². The van der Waals surface area contributed by atoms with Gasteiger partial charge in [-0.05, 0) is 29.8 Å². The van der Waals surface area contributed by atoms with Crippen LogP contribution in [0.15, 0.2) is 65.0 Å². The van der Waals surface area contributed by atoms with Gasteiger partial charge in [-0.25, -0.2) is 14.8 Å². The van der Waals surface area contributed by atoms with E-state index in [1.54, 1.807) is 48.8 Å². The summed E-state index contributed by atoms with van der Waals surface area (Å²) >= 11 is 14.7. The van der Waals surface area contributed by atoms with Crippen molar-refractivity contribution in [3.05, 3.63) is 76.0 Å². The zero-order valence-corrected chi connectivity index (χ0v) is 20.6. The maximum atomic E-state index is 12.8. The molecule has 0 radical (unpaired) electrons. The molecule has 2 aromatic rings. The van der Waals surface area contributed by atoms with Gasteiger partial charge in [-0.15, -0.1) is 23.5 Å². The lowest BCUT2D eigenvalue weighted by Crippen LogP contribution is -2.70. The summed E-state index contributed by atoms with van der Waals surface area (Å²) in [5, 5.41) is 13.0. The molecule has 12 heteroatoms. The van der Waals surface area contributed by atoms with Crippen molar-refractivity contribution in [2.24, 2.45) is 0 Å². The Balaban J connectivity index is 1.39. The maximum absolute atomic E-state index is 12.8. The number of hydrogen-bond donors (Lipinski definition) is 2. The van der Waals surface area contributed by atoms with Crippen LogP contribution in [0.5, 0.6) is 0 Å². The standard InChI is InChI=1S/C22H18Cl2N4O4S2/c23-13-5-6-14(24)15(9-13)33-11-17(29)27-18-20(30)28-19(22(31)32)12(10-34-21(18)28)3-1-4-16-25-7-2-8-26-16/h1-3,5-9,18,21H,4,10-11H2,(H,27,29)(H,31,32)/b3-1+. The molecule has 0 bridgehead atoms. The molecule has 2 N–H and O–H groups in total. The lowest BCUT2D eigenvalue weighted by molar-refractivity contribution is -0.150. The van der Waals surface area contributed by atoms with Gasteiger partial charge in [-0.2, -0.15) is 0 Å². The number of carbonyl (C=O) groups is 3. The third kappa shape index (κ3) is 5.41. The molecule has 1 aromatic heterocycles. The summed E-state index contributed by atoms with van der Waals surface area (Å²) in [7, 11) is 0. The van der Waals surface area contributed by atoms with E-state index in [9.17, 15) is 19.5 Å². The van der Waals surface area contributed by atoms with Crippen molar-refractivity contribution < 1.29 is 19.5 Å². The van der Waals surface area contributed by atoms with E-state index in [1.807, 2.05) is 0 Å². The van der Waals surface area contributed by atoms with Crippen LogP contribution in [0.1, 0.15) is 5.82 Å². The number of carbonyl (C=O) groups excluding carboxylic acids is 2. The molecular formula is C22H18Cl2N4O4S2. The molecule has 1 fully saturated rings. The predicted molar refractivity (Wildman–Crippen MR) is 132 cm³/mol. The number of nitrogens with zero attached hydrogens (tertiary/aromatic N) is 3. The van der Waals surface area contributed by atoms with Crippen molar-refractivity contribution in [1.29, 1.82) is 0 Å². The lowest BCUT2D eigenvalue weighted by atomic mass is 10.0. The third-order valence-corrected chi connectivity index (χ3v) is 8.04. The third-order valence-electron chi connectivity index (χ3n) is 5.01. The van der Waals surface area contributed by atoms with Crippen LogP contribution in [0.2, 0.25) is 10.0 Å². The smallest absolute Gasteiger partial charge is 0.352 e. The minimum atomic E-state index is -1.19. The van der Waals surface area contributed by atoms with Gasteiger partial charge in [0.2, 0.25) is 5.91 Å². The Hall–Kier alpha value is -2.53. The second-order valence-corrected chi connectivity index (χ2v) is 10.2. The zero-order valence-electron chi connectivity index (χ0n) is 17.5. The highest BCUT2D eigenvalue weighted by Gasteiger charge is 2.53. The van der Waals surface area contributed by atoms with Crippen molar-refractivity contribution in [3.8, 4) is 0 Å². The van der Waals surface area contributed by atoms with Gasteiger partial charge in [0.05, 0.1) is 10.8 Å². The average molecular weight is 537 g/mol. The van der Waals surface area contributed by atoms with E-state index in [0.717, 1.165) is 0 Å². The van der Waals surface area contributed by atoms with Crippen LogP contribution < -0.4 is 5.32 Å². The second kappa shape index (κ2) is 10.8. The number of hydrogen-bond acceptors (Lipinski definition) is 7. The molecule has 2 atom stereocenters. The Bertz CT molecular complexity index is 1190. The molecule has 34 heavy (non-hydrogen) atoms. The average Bonchev–Trinajstić information content (AvgIpc) is 2.83. The van der Waals surface area contributed by atoms with Gasteiger partial charge in [0.1, 0.15) is 22.9 Å². The number of thioether (sulfide) groups is 2. The van der Waals surface area contributed by atoms with E-state index in [-0.39, 0.29) is 17.4 Å². The van der Waals surface area contributed by atoms with Gasteiger partial charge in [0.15, 0.2) is 0 Å². The zero-order chi connectivity index (χ0) is 24.2. The first-order valence-electron chi connectivity index (χ1n) is 10.1. The number of carboxylic acids is 1. The van der Waals surface area contributed by atoms with Gasteiger partial charge in [-0.1, -0.05) is 35.4 Å². The molecule has 2 aliphatic rings. The summed E-state index contributed by atoms with van der Waals surface area (Å²) in [6.45, 7) is 0. The number of nitrogens with one attached hydrogen (secondary N) is 1. The summed E-state index contributed by atoms with van der Waals surface area (Å²) in [5.74, 6) is -0.956.